The lowest BCUT2D eigenvalue weighted by molar-refractivity contribution is 1.28. The monoisotopic (exact) mass is 374 g/mol. The summed E-state index contributed by atoms with van der Waals surface area (Å²) in [4.78, 5) is 13.8. The topological polar surface area (TPSA) is 43.1 Å². The van der Waals surface area contributed by atoms with Gasteiger partial charge in [0.2, 0.25) is 0 Å². The van der Waals surface area contributed by atoms with Crippen LogP contribution in [0.4, 0.5) is 0 Å². The Hall–Kier alpha value is -3.79. The number of hydrogen-bond donors (Lipinski definition) is 0. The van der Waals surface area contributed by atoms with Crippen LogP contribution in [0.1, 0.15) is 11.1 Å². The largest absolute Gasteiger partial charge is 0.290 e. The van der Waals surface area contributed by atoms with E-state index in [1.54, 1.807) is 6.20 Å². The van der Waals surface area contributed by atoms with Crippen molar-refractivity contribution in [2.45, 2.75) is 13.8 Å². The summed E-state index contributed by atoms with van der Waals surface area (Å²) in [5, 5.41) is 3.41. The van der Waals surface area contributed by atoms with Gasteiger partial charge in [-0.1, -0.05) is 24.3 Å². The molecule has 6 aromatic rings. The highest BCUT2D eigenvalue weighted by molar-refractivity contribution is 6.14. The molecule has 0 aliphatic carbocycles. The van der Waals surface area contributed by atoms with E-state index in [-0.39, 0.29) is 0 Å². The van der Waals surface area contributed by atoms with Gasteiger partial charge in [0.25, 0.3) is 0 Å². The van der Waals surface area contributed by atoms with Crippen molar-refractivity contribution in [2.75, 3.05) is 0 Å². The van der Waals surface area contributed by atoms with Crippen LogP contribution in [-0.4, -0.2) is 19.4 Å². The Balaban J connectivity index is 1.85. The number of pyridine rings is 3. The van der Waals surface area contributed by atoms with E-state index < -0.39 is 0 Å². The molecule has 0 amide bonds. The first-order chi connectivity index (χ1) is 14.2. The van der Waals surface area contributed by atoms with Crippen molar-refractivity contribution in [1.82, 2.24) is 19.4 Å². The van der Waals surface area contributed by atoms with Gasteiger partial charge in [0, 0.05) is 29.4 Å². The second-order valence-electron chi connectivity index (χ2n) is 7.54. The lowest BCUT2D eigenvalue weighted by Gasteiger charge is -2.14. The highest BCUT2D eigenvalue weighted by atomic mass is 15.1. The van der Waals surface area contributed by atoms with Crippen molar-refractivity contribution in [3.63, 3.8) is 0 Å². The summed E-state index contributed by atoms with van der Waals surface area (Å²) in [6.45, 7) is 4.33. The molecule has 2 aromatic carbocycles. The molecule has 0 N–H and O–H groups in total. The normalized spacial score (nSPS) is 11.8. The summed E-state index contributed by atoms with van der Waals surface area (Å²) in [6, 6.07) is 19.2. The molecule has 0 spiro atoms. The fourth-order valence-corrected chi connectivity index (χ4v) is 4.41. The molecule has 4 heterocycles. The lowest BCUT2D eigenvalue weighted by atomic mass is 9.93. The molecule has 4 nitrogen and oxygen atoms in total. The average molecular weight is 374 g/mol. The second-order valence-corrected chi connectivity index (χ2v) is 7.54. The molecule has 4 aromatic heterocycles. The van der Waals surface area contributed by atoms with E-state index in [0.29, 0.717) is 0 Å². The molecule has 0 unspecified atom stereocenters. The van der Waals surface area contributed by atoms with Crippen LogP contribution in [0, 0.1) is 13.8 Å². The van der Waals surface area contributed by atoms with Crippen LogP contribution in [0.5, 0.6) is 0 Å². The SMILES string of the molecule is Cc1ccccc1-c1cc2c3cnccc3n3c4cccnc4nc3c2cc1C. The zero-order chi connectivity index (χ0) is 19.5. The standard InChI is InChI=1S/C25H18N4/c1-15-6-3-4-7-17(15)18-13-19-20(12-16(18)2)25-28-24-23(8-5-10-27-24)29(25)22-9-11-26-14-21(19)22/h3-14H,1-2H3. The van der Waals surface area contributed by atoms with E-state index in [2.05, 4.69) is 76.7 Å². The van der Waals surface area contributed by atoms with Gasteiger partial charge in [-0.15, -0.1) is 0 Å². The third-order valence-corrected chi connectivity index (χ3v) is 5.80. The van der Waals surface area contributed by atoms with Gasteiger partial charge in [-0.25, -0.2) is 9.97 Å². The Morgan fingerprint density at radius 2 is 1.62 bits per heavy atom. The smallest absolute Gasteiger partial charge is 0.178 e. The van der Waals surface area contributed by atoms with Crippen LogP contribution >= 0.6 is 0 Å². The summed E-state index contributed by atoms with van der Waals surface area (Å²) >= 11 is 0. The molecular weight excluding hydrogens is 356 g/mol. The first-order valence-electron chi connectivity index (χ1n) is 9.71. The first-order valence-corrected chi connectivity index (χ1v) is 9.71. The molecule has 0 aliphatic rings. The second kappa shape index (κ2) is 5.85. The summed E-state index contributed by atoms with van der Waals surface area (Å²) in [5.41, 5.74) is 8.83. The van der Waals surface area contributed by atoms with E-state index >= 15 is 0 Å². The molecule has 0 fully saturated rings. The highest BCUT2D eigenvalue weighted by Crippen LogP contribution is 2.36. The van der Waals surface area contributed by atoms with Crippen molar-refractivity contribution in [3.8, 4) is 11.1 Å². The first kappa shape index (κ1) is 16.2. The van der Waals surface area contributed by atoms with E-state index in [9.17, 15) is 0 Å². The molecule has 0 aliphatic heterocycles. The van der Waals surface area contributed by atoms with Gasteiger partial charge in [-0.2, -0.15) is 0 Å². The van der Waals surface area contributed by atoms with E-state index in [4.69, 9.17) is 4.98 Å². The maximum absolute atomic E-state index is 4.89. The van der Waals surface area contributed by atoms with Crippen LogP contribution in [0.25, 0.3) is 49.6 Å². The number of aromatic nitrogens is 4. The molecule has 138 valence electrons. The van der Waals surface area contributed by atoms with Crippen LogP contribution in [-0.2, 0) is 0 Å². The van der Waals surface area contributed by atoms with Gasteiger partial charge in [0.15, 0.2) is 5.65 Å². The lowest BCUT2D eigenvalue weighted by Crippen LogP contribution is -1.94. The van der Waals surface area contributed by atoms with Crippen molar-refractivity contribution >= 4 is 38.5 Å². The minimum absolute atomic E-state index is 0.763. The van der Waals surface area contributed by atoms with Gasteiger partial charge in [0.1, 0.15) is 5.65 Å². The van der Waals surface area contributed by atoms with Gasteiger partial charge in [-0.3, -0.25) is 9.38 Å². The maximum Gasteiger partial charge on any atom is 0.178 e. The number of rotatable bonds is 1. The van der Waals surface area contributed by atoms with Gasteiger partial charge < -0.3 is 0 Å². The molecule has 4 heteroatoms. The number of fused-ring (bicyclic) bond motifs is 8. The van der Waals surface area contributed by atoms with Crippen LogP contribution in [0.2, 0.25) is 0 Å². The van der Waals surface area contributed by atoms with E-state index in [0.717, 1.165) is 33.1 Å². The Bertz CT molecular complexity index is 1580. The Morgan fingerprint density at radius 3 is 2.52 bits per heavy atom. The Kier molecular flexibility index (Phi) is 3.27. The van der Waals surface area contributed by atoms with E-state index in [1.807, 2.05) is 18.5 Å². The predicted octanol–water partition coefficient (Wildman–Crippen LogP) is 5.87. The van der Waals surface area contributed by atoms with Crippen LogP contribution in [0.15, 0.2) is 73.2 Å². The summed E-state index contributed by atoms with van der Waals surface area (Å²) in [6.07, 6.45) is 5.59. The number of hydrogen-bond acceptors (Lipinski definition) is 3. The molecular formula is C25H18N4. The van der Waals surface area contributed by atoms with Gasteiger partial charge in [0.05, 0.1) is 11.0 Å². The molecule has 0 radical (unpaired) electrons. The molecule has 0 saturated carbocycles. The Labute approximate surface area is 167 Å². The van der Waals surface area contributed by atoms with Crippen molar-refractivity contribution < 1.29 is 0 Å². The highest BCUT2D eigenvalue weighted by Gasteiger charge is 2.16. The summed E-state index contributed by atoms with van der Waals surface area (Å²) in [5.74, 6) is 0. The number of imidazole rings is 1. The summed E-state index contributed by atoms with van der Waals surface area (Å²) < 4.78 is 2.20. The molecule has 0 atom stereocenters. The number of nitrogens with zero attached hydrogens (tertiary/aromatic N) is 4. The molecule has 0 saturated heterocycles. The Morgan fingerprint density at radius 1 is 0.724 bits per heavy atom. The average Bonchev–Trinajstić information content (AvgIpc) is 3.14. The fourth-order valence-electron chi connectivity index (χ4n) is 4.41. The molecule has 0 bridgehead atoms. The molecule has 29 heavy (non-hydrogen) atoms. The third-order valence-electron chi connectivity index (χ3n) is 5.80. The fraction of sp³-hybridized carbons (Fsp3) is 0.0800. The van der Waals surface area contributed by atoms with Gasteiger partial charge in [-0.05, 0) is 71.8 Å². The zero-order valence-electron chi connectivity index (χ0n) is 16.2. The molecule has 6 rings (SSSR count). The van der Waals surface area contributed by atoms with E-state index in [1.165, 1.54) is 27.6 Å². The van der Waals surface area contributed by atoms with Crippen molar-refractivity contribution in [2.24, 2.45) is 0 Å². The van der Waals surface area contributed by atoms with Crippen molar-refractivity contribution in [1.29, 1.82) is 0 Å². The van der Waals surface area contributed by atoms with Gasteiger partial charge >= 0.3 is 0 Å². The van der Waals surface area contributed by atoms with Crippen LogP contribution in [0.3, 0.4) is 0 Å². The maximum atomic E-state index is 4.89. The summed E-state index contributed by atoms with van der Waals surface area (Å²) in [7, 11) is 0. The number of benzene rings is 2. The minimum atomic E-state index is 0.763. The predicted molar refractivity (Wildman–Crippen MR) is 118 cm³/mol. The zero-order valence-corrected chi connectivity index (χ0v) is 16.2. The third kappa shape index (κ3) is 2.23. The number of aryl methyl sites for hydroxylation is 2. The quantitative estimate of drug-likeness (QED) is 0.338. The van der Waals surface area contributed by atoms with Crippen molar-refractivity contribution in [3.05, 3.63) is 84.3 Å². The minimum Gasteiger partial charge on any atom is -0.290 e. The van der Waals surface area contributed by atoms with Crippen LogP contribution < -0.4 is 0 Å².